The number of halogens is 1. The Bertz CT molecular complexity index is 1570. The first kappa shape index (κ1) is 25.2. The monoisotopic (exact) mass is 526 g/mol. The van der Waals surface area contributed by atoms with Crippen LogP contribution in [-0.2, 0) is 13.0 Å². The number of carbonyl (C=O) groups is 2. The highest BCUT2D eigenvalue weighted by Crippen LogP contribution is 2.31. The van der Waals surface area contributed by atoms with Crippen molar-refractivity contribution in [3.63, 3.8) is 0 Å². The number of fused-ring (bicyclic) bond motifs is 3. The van der Waals surface area contributed by atoms with E-state index in [0.717, 1.165) is 27.8 Å². The number of nitrogens with two attached hydrogens (primary N) is 1. The number of aryl methyl sites for hydroxylation is 1. The molecular formula is C29H27ClN6O2. The summed E-state index contributed by atoms with van der Waals surface area (Å²) in [7, 11) is 0. The zero-order valence-electron chi connectivity index (χ0n) is 20.8. The molecule has 8 nitrogen and oxygen atoms in total. The molecule has 0 aliphatic carbocycles. The lowest BCUT2D eigenvalue weighted by Gasteiger charge is -2.27. The third-order valence-corrected chi connectivity index (χ3v) is 6.93. The van der Waals surface area contributed by atoms with E-state index in [4.69, 9.17) is 17.3 Å². The molecule has 3 aromatic carbocycles. The normalized spacial score (nSPS) is 14.3. The summed E-state index contributed by atoms with van der Waals surface area (Å²) in [6.07, 6.45) is 4.48. The minimum absolute atomic E-state index is 0.0961. The van der Waals surface area contributed by atoms with Gasteiger partial charge in [-0.3, -0.25) is 14.2 Å². The highest BCUT2D eigenvalue weighted by molar-refractivity contribution is 6.34. The fourth-order valence-corrected chi connectivity index (χ4v) is 5.10. The van der Waals surface area contributed by atoms with Crippen LogP contribution in [0.4, 0.5) is 0 Å². The number of aromatic nitrogens is 4. The number of rotatable bonds is 4. The second kappa shape index (κ2) is 10.9. The van der Waals surface area contributed by atoms with Gasteiger partial charge in [-0.15, -0.1) is 10.2 Å². The lowest BCUT2D eigenvalue weighted by molar-refractivity contribution is 0.0925. The number of hydrogen-bond donors (Lipinski definition) is 2. The largest absolute Gasteiger partial charge is 0.366 e. The van der Waals surface area contributed by atoms with Crippen LogP contribution in [0.15, 0.2) is 85.5 Å². The summed E-state index contributed by atoms with van der Waals surface area (Å²) in [5.74, 6) is -0.655. The molecule has 38 heavy (non-hydrogen) atoms. The fourth-order valence-electron chi connectivity index (χ4n) is 4.84. The standard InChI is InChI=1S/C23H21ClN6O2.C6H6/c1-13-2-6-19-17(8-13)21(22(25)31)20-7-3-14(10-30(19)20)28-23(32)16-5-4-15(9-18(16)24)29-11-26-27-12-29;1-2-4-6-5-3-1/h2,4-6,8-9,11-12,14H,3,7,10H2,1H3,(H2,25,31)(H,28,32);1-6H. The predicted octanol–water partition coefficient (Wildman–Crippen LogP) is 4.71. The van der Waals surface area contributed by atoms with Gasteiger partial charge in [0.25, 0.3) is 11.8 Å². The molecule has 2 aromatic heterocycles. The molecule has 3 N–H and O–H groups in total. The molecule has 2 amide bonds. The van der Waals surface area contributed by atoms with Crippen molar-refractivity contribution >= 4 is 34.3 Å². The van der Waals surface area contributed by atoms with Crippen LogP contribution < -0.4 is 11.1 Å². The van der Waals surface area contributed by atoms with Crippen molar-refractivity contribution in [3.8, 4) is 5.69 Å². The summed E-state index contributed by atoms with van der Waals surface area (Å²) in [6, 6.07) is 23.1. The quantitative estimate of drug-likeness (QED) is 0.353. The van der Waals surface area contributed by atoms with Gasteiger partial charge in [0.05, 0.1) is 16.1 Å². The Morgan fingerprint density at radius 2 is 1.68 bits per heavy atom. The van der Waals surface area contributed by atoms with Gasteiger partial charge < -0.3 is 15.6 Å². The lowest BCUT2D eigenvalue weighted by atomic mass is 10.0. The number of nitrogens with zero attached hydrogens (tertiary/aromatic N) is 4. The Kier molecular flexibility index (Phi) is 7.24. The van der Waals surface area contributed by atoms with E-state index >= 15 is 0 Å². The van der Waals surface area contributed by atoms with Crippen LogP contribution in [0.3, 0.4) is 0 Å². The molecule has 1 atom stereocenters. The first-order valence-corrected chi connectivity index (χ1v) is 12.7. The number of nitrogens with one attached hydrogen (secondary N) is 1. The smallest absolute Gasteiger partial charge is 0.253 e. The van der Waals surface area contributed by atoms with Crippen molar-refractivity contribution in [2.75, 3.05) is 0 Å². The molecule has 1 aliphatic rings. The summed E-state index contributed by atoms with van der Waals surface area (Å²) < 4.78 is 3.81. The van der Waals surface area contributed by atoms with E-state index in [1.807, 2.05) is 61.5 Å². The number of amides is 2. The van der Waals surface area contributed by atoms with Crippen molar-refractivity contribution in [2.24, 2.45) is 5.73 Å². The molecule has 0 saturated carbocycles. The van der Waals surface area contributed by atoms with Crippen molar-refractivity contribution in [2.45, 2.75) is 32.4 Å². The number of benzene rings is 3. The lowest BCUT2D eigenvalue weighted by Crippen LogP contribution is -2.41. The van der Waals surface area contributed by atoms with Crippen LogP contribution in [-0.4, -0.2) is 37.2 Å². The van der Waals surface area contributed by atoms with Gasteiger partial charge in [0, 0.05) is 34.9 Å². The number of primary amides is 1. The summed E-state index contributed by atoms with van der Waals surface area (Å²) in [6.45, 7) is 2.55. The Hall–Kier alpha value is -4.43. The molecule has 3 heterocycles. The van der Waals surface area contributed by atoms with Gasteiger partial charge in [-0.05, 0) is 50.1 Å². The Balaban J connectivity index is 0.000000433. The number of carbonyl (C=O) groups excluding carboxylic acids is 2. The highest BCUT2D eigenvalue weighted by Gasteiger charge is 2.28. The second-order valence-electron chi connectivity index (χ2n) is 9.21. The molecule has 1 unspecified atom stereocenters. The maximum Gasteiger partial charge on any atom is 0.253 e. The van der Waals surface area contributed by atoms with Gasteiger partial charge >= 0.3 is 0 Å². The molecule has 0 spiro atoms. The summed E-state index contributed by atoms with van der Waals surface area (Å²) in [5, 5.41) is 11.9. The van der Waals surface area contributed by atoms with Crippen LogP contribution >= 0.6 is 11.6 Å². The van der Waals surface area contributed by atoms with Crippen molar-refractivity contribution in [1.82, 2.24) is 24.6 Å². The predicted molar refractivity (Wildman–Crippen MR) is 148 cm³/mol. The van der Waals surface area contributed by atoms with Gasteiger partial charge in [-0.25, -0.2) is 0 Å². The van der Waals surface area contributed by atoms with E-state index in [-0.39, 0.29) is 11.9 Å². The van der Waals surface area contributed by atoms with Crippen LogP contribution in [0.5, 0.6) is 0 Å². The molecule has 0 bridgehead atoms. The minimum Gasteiger partial charge on any atom is -0.366 e. The first-order chi connectivity index (χ1) is 18.4. The van der Waals surface area contributed by atoms with E-state index < -0.39 is 5.91 Å². The summed E-state index contributed by atoms with van der Waals surface area (Å²) >= 11 is 6.40. The Morgan fingerprint density at radius 3 is 2.32 bits per heavy atom. The molecule has 1 aliphatic heterocycles. The highest BCUT2D eigenvalue weighted by atomic mass is 35.5. The number of hydrogen-bond acceptors (Lipinski definition) is 4. The van der Waals surface area contributed by atoms with Crippen LogP contribution in [0.1, 0.15) is 38.4 Å². The fraction of sp³-hybridized carbons (Fsp3) is 0.172. The first-order valence-electron chi connectivity index (χ1n) is 12.3. The van der Waals surface area contributed by atoms with E-state index in [9.17, 15) is 9.59 Å². The van der Waals surface area contributed by atoms with Gasteiger partial charge in [-0.1, -0.05) is 59.6 Å². The van der Waals surface area contributed by atoms with Crippen LogP contribution in [0.25, 0.3) is 16.6 Å². The van der Waals surface area contributed by atoms with Crippen LogP contribution in [0.2, 0.25) is 5.02 Å². The topological polar surface area (TPSA) is 108 Å². The third kappa shape index (κ3) is 5.17. The third-order valence-electron chi connectivity index (χ3n) is 6.62. The van der Waals surface area contributed by atoms with Gasteiger partial charge in [0.2, 0.25) is 0 Å². The van der Waals surface area contributed by atoms with Gasteiger partial charge in [-0.2, -0.15) is 0 Å². The van der Waals surface area contributed by atoms with Gasteiger partial charge in [0.15, 0.2) is 0 Å². The summed E-state index contributed by atoms with van der Waals surface area (Å²) in [4.78, 5) is 25.1. The van der Waals surface area contributed by atoms with E-state index in [1.165, 1.54) is 0 Å². The van der Waals surface area contributed by atoms with Gasteiger partial charge in [0.1, 0.15) is 12.7 Å². The molecule has 0 fully saturated rings. The molecule has 5 aromatic rings. The molecule has 192 valence electrons. The van der Waals surface area contributed by atoms with E-state index in [0.29, 0.717) is 35.5 Å². The van der Waals surface area contributed by atoms with Crippen molar-refractivity contribution in [1.29, 1.82) is 0 Å². The average molecular weight is 527 g/mol. The van der Waals surface area contributed by atoms with E-state index in [2.05, 4.69) is 20.1 Å². The SMILES string of the molecule is Cc1ccc2c(c1)c(C(N)=O)c1n2CC(NC(=O)c2ccc(-n3cnnc3)cc2Cl)CC1.c1ccccc1. The molecule has 9 heteroatoms. The molecule has 0 radical (unpaired) electrons. The van der Waals surface area contributed by atoms with Crippen molar-refractivity contribution < 1.29 is 9.59 Å². The Morgan fingerprint density at radius 1 is 1.00 bits per heavy atom. The minimum atomic E-state index is -0.420. The van der Waals surface area contributed by atoms with Crippen molar-refractivity contribution in [3.05, 3.63) is 113 Å². The average Bonchev–Trinajstić information content (AvgIpc) is 3.56. The van der Waals surface area contributed by atoms with E-state index in [1.54, 1.807) is 35.4 Å². The Labute approximate surface area is 225 Å². The molecule has 6 rings (SSSR count). The second-order valence-corrected chi connectivity index (χ2v) is 9.62. The summed E-state index contributed by atoms with van der Waals surface area (Å²) in [5.41, 5.74) is 10.4. The zero-order valence-corrected chi connectivity index (χ0v) is 21.6. The zero-order chi connectivity index (χ0) is 26.6. The van der Waals surface area contributed by atoms with Crippen LogP contribution in [0, 0.1) is 6.92 Å². The molecular weight excluding hydrogens is 500 g/mol. The maximum atomic E-state index is 13.0. The molecule has 0 saturated heterocycles. The maximum absolute atomic E-state index is 13.0.